The molecule has 1 heterocycles. The first-order chi connectivity index (χ1) is 14.3. The van der Waals surface area contributed by atoms with Crippen molar-refractivity contribution in [3.63, 3.8) is 0 Å². The normalized spacial score (nSPS) is 11.2. The number of nitrogens with one attached hydrogen (secondary N) is 2. The fourth-order valence-corrected chi connectivity index (χ4v) is 3.37. The third-order valence-corrected chi connectivity index (χ3v) is 5.54. The first-order valence-corrected chi connectivity index (χ1v) is 10.4. The first kappa shape index (κ1) is 21.1. The predicted molar refractivity (Wildman–Crippen MR) is 117 cm³/mol. The molecule has 0 atom stereocenters. The summed E-state index contributed by atoms with van der Waals surface area (Å²) in [4.78, 5) is 8.54. The summed E-state index contributed by atoms with van der Waals surface area (Å²) in [5.74, 6) is 0.622. The summed E-state index contributed by atoms with van der Waals surface area (Å²) in [6, 6.07) is 13.7. The number of hydrogen-bond donors (Lipinski definition) is 2. The lowest BCUT2D eigenvalue weighted by molar-refractivity contribution is 0.415. The number of sulfonamides is 1. The molecule has 0 saturated carbocycles. The number of rotatable bonds is 7. The summed E-state index contributed by atoms with van der Waals surface area (Å²) in [5.41, 5.74) is 1.48. The van der Waals surface area contributed by atoms with Crippen LogP contribution in [0.3, 0.4) is 0 Å². The van der Waals surface area contributed by atoms with E-state index in [4.69, 9.17) is 21.6 Å². The van der Waals surface area contributed by atoms with Crippen molar-refractivity contribution < 1.29 is 13.2 Å². The van der Waals surface area contributed by atoms with E-state index in [1.165, 1.54) is 7.11 Å². The van der Waals surface area contributed by atoms with Crippen LogP contribution in [0.4, 0.5) is 17.3 Å². The van der Waals surface area contributed by atoms with Gasteiger partial charge in [-0.15, -0.1) is 0 Å². The number of aromatic nitrogens is 2. The summed E-state index contributed by atoms with van der Waals surface area (Å²) in [6.07, 6.45) is 2.10. The molecule has 2 N–H and O–H groups in total. The number of fused-ring (bicyclic) bond motifs is 1. The number of hydrogen-bond acceptors (Lipinski definition) is 7. The molecule has 30 heavy (non-hydrogen) atoms. The monoisotopic (exact) mass is 441 g/mol. The Balaban J connectivity index is 2.08. The number of anilines is 3. The zero-order valence-corrected chi connectivity index (χ0v) is 17.3. The Kier molecular flexibility index (Phi) is 6.20. The quantitative estimate of drug-likeness (QED) is 0.413. The molecule has 152 valence electrons. The van der Waals surface area contributed by atoms with Crippen molar-refractivity contribution in [3.05, 3.63) is 71.1 Å². The van der Waals surface area contributed by atoms with Crippen LogP contribution in [0.1, 0.15) is 0 Å². The molecule has 3 rings (SSSR count). The standard InChI is InChI=1S/C20H16ClN5O3S/c1-13(6-5-11-22)30(27,28)26-20-19(23-16-7-3-4-8-17(16)24-20)25-18-12-14(29-2)9-10-15(18)21/h3-10,12H,1H2,2H3,(H,23,25)(H,24,26). The van der Waals surface area contributed by atoms with Crippen LogP contribution in [-0.4, -0.2) is 25.5 Å². The van der Waals surface area contributed by atoms with Crippen LogP contribution < -0.4 is 14.8 Å². The molecule has 3 aromatic rings. The fourth-order valence-electron chi connectivity index (χ4n) is 2.43. The molecule has 0 aliphatic rings. The van der Waals surface area contributed by atoms with Crippen molar-refractivity contribution in [2.45, 2.75) is 0 Å². The van der Waals surface area contributed by atoms with E-state index in [9.17, 15) is 8.42 Å². The molecule has 0 aliphatic carbocycles. The third-order valence-electron chi connectivity index (χ3n) is 3.92. The van der Waals surface area contributed by atoms with Gasteiger partial charge in [-0.05, 0) is 30.3 Å². The van der Waals surface area contributed by atoms with E-state index in [-0.39, 0.29) is 16.5 Å². The number of ether oxygens (including phenoxy) is 1. The second-order valence-corrected chi connectivity index (χ2v) is 8.06. The third kappa shape index (κ3) is 4.68. The number of benzene rings is 2. The van der Waals surface area contributed by atoms with Crippen molar-refractivity contribution in [2.24, 2.45) is 0 Å². The summed E-state index contributed by atoms with van der Waals surface area (Å²) in [5, 5.41) is 12.0. The SMILES string of the molecule is C=C(C=CC#N)S(=O)(=O)Nc1nc2ccccc2nc1Nc1cc(OC)ccc1Cl. The number of halogens is 1. The second-order valence-electron chi connectivity index (χ2n) is 5.91. The van der Waals surface area contributed by atoms with E-state index in [1.54, 1.807) is 48.5 Å². The number of para-hydroxylation sites is 2. The van der Waals surface area contributed by atoms with Crippen LogP contribution >= 0.6 is 11.6 Å². The van der Waals surface area contributed by atoms with Gasteiger partial charge < -0.3 is 10.1 Å². The van der Waals surface area contributed by atoms with Crippen LogP contribution in [0.5, 0.6) is 5.75 Å². The minimum atomic E-state index is -4.07. The lowest BCUT2D eigenvalue weighted by Crippen LogP contribution is -2.16. The lowest BCUT2D eigenvalue weighted by Gasteiger charge is -2.15. The van der Waals surface area contributed by atoms with Gasteiger partial charge in [0, 0.05) is 12.1 Å². The minimum absolute atomic E-state index is 0.0564. The molecule has 0 aliphatic heterocycles. The predicted octanol–water partition coefficient (Wildman–Crippen LogP) is 4.37. The van der Waals surface area contributed by atoms with Crippen LogP contribution in [-0.2, 0) is 10.0 Å². The van der Waals surface area contributed by atoms with E-state index in [2.05, 4.69) is 26.6 Å². The van der Waals surface area contributed by atoms with E-state index >= 15 is 0 Å². The number of nitriles is 1. The molecular weight excluding hydrogens is 426 g/mol. The van der Waals surface area contributed by atoms with Gasteiger partial charge in [0.25, 0.3) is 10.0 Å². The molecule has 0 radical (unpaired) electrons. The topological polar surface area (TPSA) is 117 Å². The van der Waals surface area contributed by atoms with Crippen molar-refractivity contribution in [1.29, 1.82) is 5.26 Å². The Morgan fingerprint density at radius 3 is 2.50 bits per heavy atom. The Labute approximate surface area is 178 Å². The van der Waals surface area contributed by atoms with E-state index in [1.807, 2.05) is 0 Å². The fraction of sp³-hybridized carbons (Fsp3) is 0.0500. The second kappa shape index (κ2) is 8.82. The number of methoxy groups -OCH3 is 1. The zero-order chi connectivity index (χ0) is 21.7. The zero-order valence-electron chi connectivity index (χ0n) is 15.8. The molecule has 1 aromatic heterocycles. The molecule has 0 unspecified atom stereocenters. The smallest absolute Gasteiger partial charge is 0.262 e. The molecule has 0 amide bonds. The summed E-state index contributed by atoms with van der Waals surface area (Å²) < 4.78 is 32.8. The van der Waals surface area contributed by atoms with Gasteiger partial charge in [-0.1, -0.05) is 30.3 Å². The van der Waals surface area contributed by atoms with Gasteiger partial charge in [0.15, 0.2) is 11.6 Å². The van der Waals surface area contributed by atoms with Crippen molar-refractivity contribution in [2.75, 3.05) is 17.1 Å². The van der Waals surface area contributed by atoms with Crippen LogP contribution in [0, 0.1) is 11.3 Å². The van der Waals surface area contributed by atoms with Gasteiger partial charge in [0.2, 0.25) is 0 Å². The Morgan fingerprint density at radius 2 is 1.87 bits per heavy atom. The molecule has 0 spiro atoms. The Morgan fingerprint density at radius 1 is 1.20 bits per heavy atom. The molecule has 0 bridgehead atoms. The maximum absolute atomic E-state index is 12.6. The molecule has 8 nitrogen and oxygen atoms in total. The molecular formula is C20H16ClN5O3S. The molecule has 0 saturated heterocycles. The summed E-state index contributed by atoms with van der Waals surface area (Å²) in [6.45, 7) is 3.48. The van der Waals surface area contributed by atoms with Crippen LogP contribution in [0.15, 0.2) is 66.1 Å². The van der Waals surface area contributed by atoms with Crippen molar-refractivity contribution in [3.8, 4) is 11.8 Å². The highest BCUT2D eigenvalue weighted by Gasteiger charge is 2.19. The van der Waals surface area contributed by atoms with Gasteiger partial charge in [0.1, 0.15) is 5.75 Å². The van der Waals surface area contributed by atoms with Crippen molar-refractivity contribution >= 4 is 50.0 Å². The van der Waals surface area contributed by atoms with Crippen LogP contribution in [0.25, 0.3) is 11.0 Å². The van der Waals surface area contributed by atoms with Gasteiger partial charge in [-0.25, -0.2) is 18.4 Å². The van der Waals surface area contributed by atoms with Gasteiger partial charge in [0.05, 0.1) is 39.8 Å². The highest BCUT2D eigenvalue weighted by molar-refractivity contribution is 7.96. The average molecular weight is 442 g/mol. The molecule has 10 heteroatoms. The van der Waals surface area contributed by atoms with Gasteiger partial charge >= 0.3 is 0 Å². The summed E-state index contributed by atoms with van der Waals surface area (Å²) >= 11 is 6.26. The largest absolute Gasteiger partial charge is 0.497 e. The molecule has 2 aromatic carbocycles. The average Bonchev–Trinajstić information content (AvgIpc) is 2.73. The van der Waals surface area contributed by atoms with Gasteiger partial charge in [-0.3, -0.25) is 4.72 Å². The van der Waals surface area contributed by atoms with E-state index < -0.39 is 10.0 Å². The van der Waals surface area contributed by atoms with Crippen molar-refractivity contribution in [1.82, 2.24) is 9.97 Å². The summed E-state index contributed by atoms with van der Waals surface area (Å²) in [7, 11) is -2.56. The number of nitrogens with zero attached hydrogens (tertiary/aromatic N) is 3. The van der Waals surface area contributed by atoms with E-state index in [0.29, 0.717) is 27.5 Å². The lowest BCUT2D eigenvalue weighted by atomic mass is 10.3. The maximum atomic E-state index is 12.6. The van der Waals surface area contributed by atoms with Gasteiger partial charge in [-0.2, -0.15) is 5.26 Å². The highest BCUT2D eigenvalue weighted by Crippen LogP contribution is 2.32. The highest BCUT2D eigenvalue weighted by atomic mass is 35.5. The number of allylic oxidation sites excluding steroid dienone is 2. The maximum Gasteiger partial charge on any atom is 0.262 e. The Bertz CT molecular complexity index is 1300. The first-order valence-electron chi connectivity index (χ1n) is 8.49. The van der Waals surface area contributed by atoms with E-state index in [0.717, 1.165) is 12.2 Å². The Hall–Kier alpha value is -3.61. The minimum Gasteiger partial charge on any atom is -0.497 e. The van der Waals surface area contributed by atoms with Crippen LogP contribution in [0.2, 0.25) is 5.02 Å². The molecule has 0 fully saturated rings.